The van der Waals surface area contributed by atoms with Crippen molar-refractivity contribution in [3.05, 3.63) is 23.0 Å². The summed E-state index contributed by atoms with van der Waals surface area (Å²) < 4.78 is 0.708. The number of aromatic amines is 1. The third-order valence-corrected chi connectivity index (χ3v) is 1.06. The van der Waals surface area contributed by atoms with Crippen LogP contribution in [0.4, 0.5) is 5.69 Å². The second kappa shape index (κ2) is 4.99. The third-order valence-electron chi connectivity index (χ3n) is 0.808. The molecule has 0 aliphatic heterocycles. The van der Waals surface area contributed by atoms with Crippen LogP contribution in [-0.2, 0) is 0 Å². The van der Waals surface area contributed by atoms with E-state index >= 15 is 0 Å². The van der Waals surface area contributed by atoms with E-state index in [4.69, 9.17) is 18.0 Å². The summed E-state index contributed by atoms with van der Waals surface area (Å²) in [6.45, 7) is 4.00. The molecule has 1 aromatic heterocycles. The Morgan fingerprint density at radius 1 is 1.40 bits per heavy atom. The molecule has 1 heterocycles. The van der Waals surface area contributed by atoms with E-state index < -0.39 is 0 Å². The highest BCUT2D eigenvalue weighted by molar-refractivity contribution is 7.71. The van der Waals surface area contributed by atoms with Gasteiger partial charge in [0.15, 0.2) is 0 Å². The van der Waals surface area contributed by atoms with Gasteiger partial charge in [0.2, 0.25) is 0 Å². The van der Waals surface area contributed by atoms with Gasteiger partial charge in [-0.1, -0.05) is 26.1 Å². The Bertz CT molecular complexity index is 209. The molecule has 0 fully saturated rings. The molecule has 0 amide bonds. The Hall–Kier alpha value is -0.830. The molecule has 0 aliphatic rings. The summed E-state index contributed by atoms with van der Waals surface area (Å²) in [6.07, 6.45) is 1.67. The van der Waals surface area contributed by atoms with Gasteiger partial charge in [0, 0.05) is 11.9 Å². The molecule has 0 spiro atoms. The number of hydrogen-bond donors (Lipinski definition) is 2. The van der Waals surface area contributed by atoms with Gasteiger partial charge in [-0.25, -0.2) is 0 Å². The molecule has 1 aromatic rings. The van der Waals surface area contributed by atoms with Crippen LogP contribution < -0.4 is 5.73 Å². The molecule has 0 unspecified atom stereocenters. The second-order valence-electron chi connectivity index (χ2n) is 1.49. The Balaban J connectivity index is 0.000000371. The average molecular weight is 156 g/mol. The maximum Gasteiger partial charge on any atom is 0.103 e. The van der Waals surface area contributed by atoms with Crippen LogP contribution in [0, 0.1) is 4.64 Å². The van der Waals surface area contributed by atoms with E-state index in [0.29, 0.717) is 10.3 Å². The predicted octanol–water partition coefficient (Wildman–Crippen LogP) is 2.35. The molecule has 0 atom stereocenters. The Morgan fingerprint density at radius 2 is 2.00 bits per heavy atom. The molecule has 0 radical (unpaired) electrons. The first-order chi connectivity index (χ1) is 4.79. The van der Waals surface area contributed by atoms with Crippen LogP contribution in [0.1, 0.15) is 13.8 Å². The summed E-state index contributed by atoms with van der Waals surface area (Å²) in [4.78, 5) is 2.79. The lowest BCUT2D eigenvalue weighted by Gasteiger charge is -1.86. The van der Waals surface area contributed by atoms with Crippen LogP contribution in [0.15, 0.2) is 18.3 Å². The highest BCUT2D eigenvalue weighted by Gasteiger charge is 1.76. The van der Waals surface area contributed by atoms with E-state index in [1.54, 1.807) is 18.3 Å². The van der Waals surface area contributed by atoms with Gasteiger partial charge in [-0.05, 0) is 12.1 Å². The average Bonchev–Trinajstić information content (AvgIpc) is 2.00. The number of rotatable bonds is 0. The van der Waals surface area contributed by atoms with Crippen molar-refractivity contribution in [1.82, 2.24) is 4.98 Å². The van der Waals surface area contributed by atoms with Gasteiger partial charge in [0.1, 0.15) is 4.64 Å². The van der Waals surface area contributed by atoms with E-state index in [1.165, 1.54) is 0 Å². The fraction of sp³-hybridized carbons (Fsp3) is 0.286. The number of H-pyrrole nitrogens is 1. The molecule has 1 rings (SSSR count). The first-order valence-electron chi connectivity index (χ1n) is 3.23. The zero-order valence-corrected chi connectivity index (χ0v) is 7.03. The topological polar surface area (TPSA) is 41.8 Å². The smallest absolute Gasteiger partial charge is 0.103 e. The number of nitrogen functional groups attached to an aromatic ring is 1. The number of nitrogens with two attached hydrogens (primary N) is 1. The Labute approximate surface area is 66.1 Å². The number of hydrogen-bond acceptors (Lipinski definition) is 2. The van der Waals surface area contributed by atoms with E-state index in [0.717, 1.165) is 0 Å². The molecule has 10 heavy (non-hydrogen) atoms. The standard InChI is InChI=1S/C5H6N2S.C2H6/c6-4-1-2-5(8)7-3-4;1-2/h1-3H,6H2,(H,7,8);1-2H3. The lowest BCUT2D eigenvalue weighted by Crippen LogP contribution is -1.83. The number of pyridine rings is 1. The van der Waals surface area contributed by atoms with Gasteiger partial charge in [0.25, 0.3) is 0 Å². The summed E-state index contributed by atoms with van der Waals surface area (Å²) >= 11 is 4.76. The van der Waals surface area contributed by atoms with Gasteiger partial charge >= 0.3 is 0 Å². The van der Waals surface area contributed by atoms with Crippen molar-refractivity contribution < 1.29 is 0 Å². The molecular weight excluding hydrogens is 144 g/mol. The van der Waals surface area contributed by atoms with Crippen molar-refractivity contribution in [2.24, 2.45) is 0 Å². The van der Waals surface area contributed by atoms with E-state index in [-0.39, 0.29) is 0 Å². The van der Waals surface area contributed by atoms with Gasteiger partial charge in [-0.3, -0.25) is 0 Å². The minimum Gasteiger partial charge on any atom is -0.398 e. The molecule has 0 saturated heterocycles. The minimum absolute atomic E-state index is 0.707. The fourth-order valence-corrected chi connectivity index (χ4v) is 0.550. The van der Waals surface area contributed by atoms with Crippen molar-refractivity contribution in [3.63, 3.8) is 0 Å². The summed E-state index contributed by atoms with van der Waals surface area (Å²) in [6, 6.07) is 3.52. The van der Waals surface area contributed by atoms with Crippen LogP contribution in [0.25, 0.3) is 0 Å². The molecule has 3 heteroatoms. The first kappa shape index (κ1) is 9.17. The molecule has 3 N–H and O–H groups in total. The van der Waals surface area contributed by atoms with Crippen LogP contribution in [-0.4, -0.2) is 4.98 Å². The lowest BCUT2D eigenvalue weighted by atomic mass is 10.4. The van der Waals surface area contributed by atoms with Gasteiger partial charge in [-0.15, -0.1) is 0 Å². The Kier molecular flexibility index (Phi) is 4.58. The summed E-state index contributed by atoms with van der Waals surface area (Å²) in [7, 11) is 0. The van der Waals surface area contributed by atoms with Gasteiger partial charge in [-0.2, -0.15) is 0 Å². The molecule has 2 nitrogen and oxygen atoms in total. The normalized spacial score (nSPS) is 7.80. The monoisotopic (exact) mass is 156 g/mol. The van der Waals surface area contributed by atoms with Crippen LogP contribution >= 0.6 is 12.2 Å². The van der Waals surface area contributed by atoms with Crippen molar-refractivity contribution in [3.8, 4) is 0 Å². The molecule has 0 aromatic carbocycles. The predicted molar refractivity (Wildman–Crippen MR) is 47.4 cm³/mol. The first-order valence-corrected chi connectivity index (χ1v) is 3.64. The highest BCUT2D eigenvalue weighted by atomic mass is 32.1. The third kappa shape index (κ3) is 3.25. The number of nitrogens with one attached hydrogen (secondary N) is 1. The largest absolute Gasteiger partial charge is 0.398 e. The van der Waals surface area contributed by atoms with Crippen LogP contribution in [0.2, 0.25) is 0 Å². The molecule has 56 valence electrons. The Morgan fingerprint density at radius 3 is 2.30 bits per heavy atom. The van der Waals surface area contributed by atoms with Crippen LogP contribution in [0.5, 0.6) is 0 Å². The molecular formula is C7H12N2S. The van der Waals surface area contributed by atoms with Crippen molar-refractivity contribution in [2.45, 2.75) is 13.8 Å². The van der Waals surface area contributed by atoms with E-state index in [9.17, 15) is 0 Å². The molecule has 0 saturated carbocycles. The number of aromatic nitrogens is 1. The SMILES string of the molecule is CC.Nc1ccc(=S)[nH]c1. The van der Waals surface area contributed by atoms with Crippen molar-refractivity contribution in [1.29, 1.82) is 0 Å². The number of anilines is 1. The van der Waals surface area contributed by atoms with Crippen molar-refractivity contribution in [2.75, 3.05) is 5.73 Å². The van der Waals surface area contributed by atoms with Crippen LogP contribution in [0.3, 0.4) is 0 Å². The highest BCUT2D eigenvalue weighted by Crippen LogP contribution is 1.94. The lowest BCUT2D eigenvalue weighted by molar-refractivity contribution is 1.30. The van der Waals surface area contributed by atoms with E-state index in [1.807, 2.05) is 13.8 Å². The molecule has 0 aliphatic carbocycles. The van der Waals surface area contributed by atoms with Gasteiger partial charge < -0.3 is 10.7 Å². The summed E-state index contributed by atoms with van der Waals surface area (Å²) in [5.41, 5.74) is 6.06. The van der Waals surface area contributed by atoms with Crippen molar-refractivity contribution >= 4 is 17.9 Å². The zero-order chi connectivity index (χ0) is 7.98. The van der Waals surface area contributed by atoms with E-state index in [2.05, 4.69) is 4.98 Å². The minimum atomic E-state index is 0.707. The van der Waals surface area contributed by atoms with Gasteiger partial charge in [0.05, 0.1) is 0 Å². The summed E-state index contributed by atoms with van der Waals surface area (Å²) in [5.74, 6) is 0. The maximum absolute atomic E-state index is 5.35. The summed E-state index contributed by atoms with van der Waals surface area (Å²) in [5, 5.41) is 0. The fourth-order valence-electron chi connectivity index (χ4n) is 0.423. The second-order valence-corrected chi connectivity index (χ2v) is 1.93. The quantitative estimate of drug-likeness (QED) is 0.566. The maximum atomic E-state index is 5.35. The zero-order valence-electron chi connectivity index (χ0n) is 6.22. The molecule has 0 bridgehead atoms.